The number of anilines is 1. The van der Waals surface area contributed by atoms with Crippen LogP contribution in [0.4, 0.5) is 5.69 Å². The first-order chi connectivity index (χ1) is 8.65. The van der Waals surface area contributed by atoms with Crippen LogP contribution in [0.15, 0.2) is 18.2 Å². The Morgan fingerprint density at radius 3 is 2.83 bits per heavy atom. The van der Waals surface area contributed by atoms with Crippen molar-refractivity contribution in [3.8, 4) is 11.5 Å². The van der Waals surface area contributed by atoms with Crippen LogP contribution in [0.5, 0.6) is 11.5 Å². The number of hydrogen-bond donors (Lipinski definition) is 3. The summed E-state index contributed by atoms with van der Waals surface area (Å²) in [6.45, 7) is 1.49. The van der Waals surface area contributed by atoms with Crippen LogP contribution in [-0.4, -0.2) is 36.9 Å². The average Bonchev–Trinajstić information content (AvgIpc) is 2.35. The first kappa shape index (κ1) is 12.5. The molecule has 0 spiro atoms. The van der Waals surface area contributed by atoms with E-state index >= 15 is 0 Å². The minimum atomic E-state index is -0.897. The average molecular weight is 252 g/mol. The van der Waals surface area contributed by atoms with Crippen molar-refractivity contribution < 1.29 is 19.4 Å². The number of nitrogens with one attached hydrogen (secondary N) is 1. The summed E-state index contributed by atoms with van der Waals surface area (Å²) in [6.07, 6.45) is -0.0580. The smallest absolute Gasteiger partial charge is 0.304 e. The van der Waals surface area contributed by atoms with E-state index in [2.05, 4.69) is 5.32 Å². The predicted octanol–water partition coefficient (Wildman–Crippen LogP) is 0.672. The zero-order chi connectivity index (χ0) is 13.0. The lowest BCUT2D eigenvalue weighted by molar-refractivity contribution is -0.137. The highest BCUT2D eigenvalue weighted by molar-refractivity contribution is 5.67. The van der Waals surface area contributed by atoms with Crippen LogP contribution < -0.4 is 20.5 Å². The van der Waals surface area contributed by atoms with Crippen molar-refractivity contribution in [2.75, 3.05) is 25.1 Å². The number of hydrogen-bond acceptors (Lipinski definition) is 5. The molecule has 0 saturated heterocycles. The van der Waals surface area contributed by atoms with E-state index in [1.54, 1.807) is 0 Å². The van der Waals surface area contributed by atoms with Gasteiger partial charge in [-0.2, -0.15) is 0 Å². The van der Waals surface area contributed by atoms with Gasteiger partial charge in [-0.3, -0.25) is 4.79 Å². The molecular formula is C12H16N2O4. The molecule has 1 aromatic carbocycles. The molecule has 1 aromatic rings. The van der Waals surface area contributed by atoms with Gasteiger partial charge in [-0.25, -0.2) is 0 Å². The Bertz CT molecular complexity index is 436. The van der Waals surface area contributed by atoms with Crippen LogP contribution >= 0.6 is 0 Å². The van der Waals surface area contributed by atoms with Crippen LogP contribution in [-0.2, 0) is 4.79 Å². The van der Waals surface area contributed by atoms with E-state index < -0.39 is 12.0 Å². The van der Waals surface area contributed by atoms with E-state index in [0.29, 0.717) is 25.5 Å². The molecular weight excluding hydrogens is 236 g/mol. The zero-order valence-electron chi connectivity index (χ0n) is 9.89. The van der Waals surface area contributed by atoms with E-state index in [1.165, 1.54) is 0 Å². The second kappa shape index (κ2) is 5.59. The van der Waals surface area contributed by atoms with Gasteiger partial charge in [0, 0.05) is 24.3 Å². The number of aliphatic carboxylic acids is 1. The van der Waals surface area contributed by atoms with Gasteiger partial charge in [0.05, 0.1) is 6.42 Å². The predicted molar refractivity (Wildman–Crippen MR) is 66.1 cm³/mol. The van der Waals surface area contributed by atoms with Crippen molar-refractivity contribution >= 4 is 11.7 Å². The number of rotatable bonds is 5. The molecule has 0 bridgehead atoms. The minimum absolute atomic E-state index is 0.0580. The Balaban J connectivity index is 1.91. The van der Waals surface area contributed by atoms with Crippen LogP contribution in [0.1, 0.15) is 6.42 Å². The molecule has 1 heterocycles. The molecule has 98 valence electrons. The standard InChI is InChI=1S/C12H16N2O4/c13-8(5-12(15)16)7-14-9-1-2-10-11(6-9)18-4-3-17-10/h1-2,6,8,14H,3-5,7,13H2,(H,15,16). The van der Waals surface area contributed by atoms with Crippen molar-refractivity contribution in [3.63, 3.8) is 0 Å². The summed E-state index contributed by atoms with van der Waals surface area (Å²) in [5.74, 6) is 0.520. The molecule has 1 aliphatic rings. The van der Waals surface area contributed by atoms with Crippen molar-refractivity contribution in [1.29, 1.82) is 0 Å². The molecule has 0 amide bonds. The molecule has 1 unspecified atom stereocenters. The van der Waals surface area contributed by atoms with Gasteiger partial charge in [0.25, 0.3) is 0 Å². The number of benzene rings is 1. The third-order valence-electron chi connectivity index (χ3n) is 2.55. The molecule has 0 aromatic heterocycles. The Morgan fingerprint density at radius 1 is 1.39 bits per heavy atom. The van der Waals surface area contributed by atoms with E-state index in [0.717, 1.165) is 11.4 Å². The molecule has 1 atom stereocenters. The van der Waals surface area contributed by atoms with Crippen LogP contribution in [0.3, 0.4) is 0 Å². The molecule has 4 N–H and O–H groups in total. The number of carbonyl (C=O) groups is 1. The van der Waals surface area contributed by atoms with E-state index in [9.17, 15) is 4.79 Å². The number of ether oxygens (including phenoxy) is 2. The van der Waals surface area contributed by atoms with Crippen molar-refractivity contribution in [2.24, 2.45) is 5.73 Å². The summed E-state index contributed by atoms with van der Waals surface area (Å²) < 4.78 is 10.8. The van der Waals surface area contributed by atoms with Gasteiger partial charge in [-0.1, -0.05) is 0 Å². The maximum Gasteiger partial charge on any atom is 0.304 e. The van der Waals surface area contributed by atoms with Crippen molar-refractivity contribution in [3.05, 3.63) is 18.2 Å². The van der Waals surface area contributed by atoms with E-state index in [1.807, 2.05) is 18.2 Å². The van der Waals surface area contributed by atoms with Crippen LogP contribution in [0, 0.1) is 0 Å². The minimum Gasteiger partial charge on any atom is -0.486 e. The maximum atomic E-state index is 10.5. The Hall–Kier alpha value is -1.95. The molecule has 0 aliphatic carbocycles. The maximum absolute atomic E-state index is 10.5. The lowest BCUT2D eigenvalue weighted by atomic mass is 10.2. The number of carboxylic acid groups (broad SMARTS) is 1. The first-order valence-electron chi connectivity index (χ1n) is 5.76. The molecule has 2 rings (SSSR count). The Labute approximate surface area is 105 Å². The molecule has 18 heavy (non-hydrogen) atoms. The lowest BCUT2D eigenvalue weighted by Crippen LogP contribution is -2.31. The van der Waals surface area contributed by atoms with E-state index in [-0.39, 0.29) is 6.42 Å². The molecule has 6 heteroatoms. The topological polar surface area (TPSA) is 93.8 Å². The van der Waals surface area contributed by atoms with Crippen LogP contribution in [0.25, 0.3) is 0 Å². The fourth-order valence-electron chi connectivity index (χ4n) is 1.70. The zero-order valence-corrected chi connectivity index (χ0v) is 9.89. The molecule has 0 radical (unpaired) electrons. The fraction of sp³-hybridized carbons (Fsp3) is 0.417. The van der Waals surface area contributed by atoms with Crippen molar-refractivity contribution in [2.45, 2.75) is 12.5 Å². The van der Waals surface area contributed by atoms with Gasteiger partial charge in [0.2, 0.25) is 0 Å². The third-order valence-corrected chi connectivity index (χ3v) is 2.55. The Morgan fingerprint density at radius 2 is 2.11 bits per heavy atom. The fourth-order valence-corrected chi connectivity index (χ4v) is 1.70. The highest BCUT2D eigenvalue weighted by Crippen LogP contribution is 2.32. The summed E-state index contributed by atoms with van der Waals surface area (Å²) >= 11 is 0. The summed E-state index contributed by atoms with van der Waals surface area (Å²) in [4.78, 5) is 10.5. The molecule has 0 saturated carbocycles. The van der Waals surface area contributed by atoms with Gasteiger partial charge < -0.3 is 25.6 Å². The quantitative estimate of drug-likeness (QED) is 0.713. The summed E-state index contributed by atoms with van der Waals surface area (Å²) in [5.41, 5.74) is 6.49. The second-order valence-electron chi connectivity index (χ2n) is 4.10. The summed E-state index contributed by atoms with van der Waals surface area (Å²) in [6, 6.07) is 5.07. The molecule has 0 fully saturated rings. The van der Waals surface area contributed by atoms with Gasteiger partial charge in [0.1, 0.15) is 13.2 Å². The SMILES string of the molecule is NC(CNc1ccc2c(c1)OCCO2)CC(=O)O. The van der Waals surface area contributed by atoms with Crippen LogP contribution in [0.2, 0.25) is 0 Å². The largest absolute Gasteiger partial charge is 0.486 e. The highest BCUT2D eigenvalue weighted by Gasteiger charge is 2.12. The molecule has 6 nitrogen and oxygen atoms in total. The van der Waals surface area contributed by atoms with Gasteiger partial charge in [0.15, 0.2) is 11.5 Å². The summed E-state index contributed by atoms with van der Waals surface area (Å²) in [7, 11) is 0. The second-order valence-corrected chi connectivity index (χ2v) is 4.10. The number of carboxylic acids is 1. The third kappa shape index (κ3) is 3.27. The van der Waals surface area contributed by atoms with Gasteiger partial charge in [-0.15, -0.1) is 0 Å². The van der Waals surface area contributed by atoms with E-state index in [4.69, 9.17) is 20.3 Å². The number of nitrogens with two attached hydrogens (primary N) is 1. The number of fused-ring (bicyclic) bond motifs is 1. The normalized spacial score (nSPS) is 14.9. The monoisotopic (exact) mass is 252 g/mol. The van der Waals surface area contributed by atoms with Gasteiger partial charge in [-0.05, 0) is 12.1 Å². The summed E-state index contributed by atoms with van der Waals surface area (Å²) in [5, 5.41) is 11.7. The first-order valence-corrected chi connectivity index (χ1v) is 5.76. The lowest BCUT2D eigenvalue weighted by Gasteiger charge is -2.19. The highest BCUT2D eigenvalue weighted by atomic mass is 16.6. The molecule has 1 aliphatic heterocycles. The Kier molecular flexibility index (Phi) is 3.88. The van der Waals surface area contributed by atoms with Gasteiger partial charge >= 0.3 is 5.97 Å². The van der Waals surface area contributed by atoms with Crippen molar-refractivity contribution in [1.82, 2.24) is 0 Å².